The van der Waals surface area contributed by atoms with Crippen molar-refractivity contribution in [1.29, 1.82) is 0 Å². The van der Waals surface area contributed by atoms with Crippen LogP contribution in [0.5, 0.6) is 0 Å². The van der Waals surface area contributed by atoms with Crippen molar-refractivity contribution in [2.24, 2.45) is 0 Å². The fraction of sp³-hybridized carbons (Fsp3) is 0.250. The number of nitrogens with zero attached hydrogens (tertiary/aromatic N) is 3. The second-order valence-electron chi connectivity index (χ2n) is 9.49. The van der Waals surface area contributed by atoms with Crippen LogP contribution in [0.2, 0.25) is 0 Å². The van der Waals surface area contributed by atoms with Crippen molar-refractivity contribution < 1.29 is 9.53 Å². The van der Waals surface area contributed by atoms with Gasteiger partial charge in [-0.1, -0.05) is 79.7 Å². The molecular formula is C32H34N4O2. The predicted octanol–water partition coefficient (Wildman–Crippen LogP) is 6.61. The zero-order valence-corrected chi connectivity index (χ0v) is 22.0. The van der Waals surface area contributed by atoms with Crippen molar-refractivity contribution in [1.82, 2.24) is 19.4 Å². The second kappa shape index (κ2) is 11.9. The van der Waals surface area contributed by atoms with Gasteiger partial charge in [0.2, 0.25) is 0 Å². The summed E-state index contributed by atoms with van der Waals surface area (Å²) in [7, 11) is 1.67. The van der Waals surface area contributed by atoms with Gasteiger partial charge in [0.1, 0.15) is 0 Å². The van der Waals surface area contributed by atoms with Crippen LogP contribution in [0.3, 0.4) is 0 Å². The zero-order chi connectivity index (χ0) is 26.3. The number of hydrogen-bond donors (Lipinski definition) is 1. The molecule has 0 aliphatic rings. The molecule has 194 valence electrons. The molecule has 0 fully saturated rings. The summed E-state index contributed by atoms with van der Waals surface area (Å²) in [5.41, 5.74) is 4.57. The molecule has 0 bridgehead atoms. The van der Waals surface area contributed by atoms with Crippen LogP contribution >= 0.6 is 0 Å². The number of carbonyl (C=O) groups excluding carboxylic acids is 1. The van der Waals surface area contributed by atoms with E-state index < -0.39 is 0 Å². The van der Waals surface area contributed by atoms with Gasteiger partial charge in [0.25, 0.3) is 0 Å². The molecule has 5 aromatic rings. The maximum Gasteiger partial charge on any atom is 0.325 e. The van der Waals surface area contributed by atoms with Gasteiger partial charge in [0, 0.05) is 44.5 Å². The molecule has 2 unspecified atom stereocenters. The van der Waals surface area contributed by atoms with Gasteiger partial charge >= 0.3 is 6.03 Å². The highest BCUT2D eigenvalue weighted by molar-refractivity contribution is 5.87. The lowest BCUT2D eigenvalue weighted by atomic mass is 9.86. The van der Waals surface area contributed by atoms with Crippen LogP contribution in [-0.4, -0.2) is 40.4 Å². The number of fused-ring (bicyclic) bond motifs is 1. The molecule has 5 rings (SSSR count). The van der Waals surface area contributed by atoms with E-state index in [2.05, 4.69) is 88.5 Å². The van der Waals surface area contributed by atoms with Gasteiger partial charge in [-0.25, -0.2) is 9.78 Å². The fourth-order valence-electron chi connectivity index (χ4n) is 5.29. The van der Waals surface area contributed by atoms with Gasteiger partial charge in [-0.15, -0.1) is 0 Å². The minimum absolute atomic E-state index is 0.107. The van der Waals surface area contributed by atoms with Crippen molar-refractivity contribution in [2.45, 2.75) is 31.7 Å². The maximum absolute atomic E-state index is 12.9. The summed E-state index contributed by atoms with van der Waals surface area (Å²) in [6, 6.07) is 27.5. The summed E-state index contributed by atoms with van der Waals surface area (Å²) in [4.78, 5) is 17.5. The third-order valence-electron chi connectivity index (χ3n) is 7.12. The molecule has 6 nitrogen and oxygen atoms in total. The Bertz CT molecular complexity index is 1480. The molecule has 0 saturated heterocycles. The van der Waals surface area contributed by atoms with E-state index in [0.29, 0.717) is 13.2 Å². The zero-order valence-electron chi connectivity index (χ0n) is 22.0. The molecule has 2 heterocycles. The van der Waals surface area contributed by atoms with Gasteiger partial charge in [-0.05, 0) is 46.4 Å². The minimum atomic E-state index is -0.145. The van der Waals surface area contributed by atoms with E-state index in [-0.39, 0.29) is 18.0 Å². The Balaban J connectivity index is 1.59. The Morgan fingerprint density at radius 1 is 0.974 bits per heavy atom. The molecule has 0 spiro atoms. The maximum atomic E-state index is 12.9. The van der Waals surface area contributed by atoms with Crippen LogP contribution in [0.15, 0.2) is 104 Å². The number of nitrogens with one attached hydrogen (secondary N) is 1. The van der Waals surface area contributed by atoms with Crippen molar-refractivity contribution in [3.05, 3.63) is 126 Å². The van der Waals surface area contributed by atoms with E-state index in [9.17, 15) is 4.79 Å². The number of benzene rings is 3. The van der Waals surface area contributed by atoms with Crippen LogP contribution in [0, 0.1) is 0 Å². The molecule has 0 radical (unpaired) electrons. The van der Waals surface area contributed by atoms with Crippen LogP contribution in [0.25, 0.3) is 10.8 Å². The molecule has 1 amide bonds. The van der Waals surface area contributed by atoms with Gasteiger partial charge in [0.15, 0.2) is 0 Å². The normalized spacial score (nSPS) is 12.9. The van der Waals surface area contributed by atoms with E-state index in [1.165, 1.54) is 21.9 Å². The summed E-state index contributed by atoms with van der Waals surface area (Å²) in [6.45, 7) is 3.39. The molecule has 3 aromatic carbocycles. The number of methoxy groups -OCH3 is 1. The van der Waals surface area contributed by atoms with Crippen LogP contribution < -0.4 is 5.32 Å². The van der Waals surface area contributed by atoms with E-state index in [0.717, 1.165) is 24.1 Å². The predicted molar refractivity (Wildman–Crippen MR) is 152 cm³/mol. The highest BCUT2D eigenvalue weighted by atomic mass is 16.5. The second-order valence-corrected chi connectivity index (χ2v) is 9.49. The first-order valence-corrected chi connectivity index (χ1v) is 13.2. The Morgan fingerprint density at radius 2 is 1.76 bits per heavy atom. The van der Waals surface area contributed by atoms with Crippen LogP contribution in [-0.2, 0) is 4.74 Å². The van der Waals surface area contributed by atoms with Crippen LogP contribution in [0.1, 0.15) is 54.1 Å². The first-order chi connectivity index (χ1) is 18.7. The summed E-state index contributed by atoms with van der Waals surface area (Å²) < 4.78 is 9.03. The average Bonchev–Trinajstić information content (AvgIpc) is 3.64. The van der Waals surface area contributed by atoms with Gasteiger partial charge in [-0.2, -0.15) is 0 Å². The van der Waals surface area contributed by atoms with Crippen molar-refractivity contribution in [3.63, 3.8) is 0 Å². The van der Waals surface area contributed by atoms with Gasteiger partial charge in [-0.3, -0.25) is 4.57 Å². The molecule has 0 aliphatic heterocycles. The number of rotatable bonds is 10. The summed E-state index contributed by atoms with van der Waals surface area (Å²) in [5, 5.41) is 5.36. The number of amides is 1. The minimum Gasteiger partial charge on any atom is -0.385 e. The SMILES string of the molecule is CCC(c1ccccc1)n1cncc1C(c1ccn(C(=O)NCCCOC)c1)c1cccc2ccccc12. The lowest BCUT2D eigenvalue weighted by Crippen LogP contribution is -2.29. The van der Waals surface area contributed by atoms with Crippen LogP contribution in [0.4, 0.5) is 4.79 Å². The summed E-state index contributed by atoms with van der Waals surface area (Å²) >= 11 is 0. The van der Waals surface area contributed by atoms with Crippen molar-refractivity contribution in [3.8, 4) is 0 Å². The average molecular weight is 507 g/mol. The largest absolute Gasteiger partial charge is 0.385 e. The van der Waals surface area contributed by atoms with Crippen molar-refractivity contribution in [2.75, 3.05) is 20.3 Å². The van der Waals surface area contributed by atoms with E-state index >= 15 is 0 Å². The lowest BCUT2D eigenvalue weighted by molar-refractivity contribution is 0.193. The molecule has 2 aromatic heterocycles. The Labute approximate surface area is 223 Å². The van der Waals surface area contributed by atoms with Crippen molar-refractivity contribution >= 4 is 16.8 Å². The molecule has 0 aliphatic carbocycles. The number of imidazole rings is 1. The monoisotopic (exact) mass is 506 g/mol. The molecule has 1 N–H and O–H groups in total. The Kier molecular flexibility index (Phi) is 8.00. The Hall–Kier alpha value is -4.16. The molecule has 0 saturated carbocycles. The van der Waals surface area contributed by atoms with Gasteiger partial charge in [0.05, 0.1) is 18.3 Å². The lowest BCUT2D eigenvalue weighted by Gasteiger charge is -2.25. The van der Waals surface area contributed by atoms with E-state index in [1.807, 2.05) is 37.1 Å². The van der Waals surface area contributed by atoms with Gasteiger partial charge < -0.3 is 14.6 Å². The first kappa shape index (κ1) is 25.5. The third kappa shape index (κ3) is 5.27. The smallest absolute Gasteiger partial charge is 0.325 e. The highest BCUT2D eigenvalue weighted by Gasteiger charge is 2.26. The quantitative estimate of drug-likeness (QED) is 0.217. The Morgan fingerprint density at radius 3 is 2.58 bits per heavy atom. The third-order valence-corrected chi connectivity index (χ3v) is 7.12. The first-order valence-electron chi connectivity index (χ1n) is 13.2. The molecule has 2 atom stereocenters. The molecule has 6 heteroatoms. The number of ether oxygens (including phenoxy) is 1. The standard InChI is InChI=1S/C32H34N4O2/c1-3-29(25-12-5-4-6-13-25)36-23-33-21-30(36)31(28-16-9-14-24-11-7-8-15-27(24)28)26-17-19-35(22-26)32(37)34-18-10-20-38-2/h4-9,11-17,19,21-23,29,31H,3,10,18,20H2,1-2H3,(H,34,37). The highest BCUT2D eigenvalue weighted by Crippen LogP contribution is 2.38. The molecule has 38 heavy (non-hydrogen) atoms. The summed E-state index contributed by atoms with van der Waals surface area (Å²) in [5.74, 6) is -0.107. The topological polar surface area (TPSA) is 61.1 Å². The number of hydrogen-bond acceptors (Lipinski definition) is 3. The number of carbonyl (C=O) groups is 1. The molecular weight excluding hydrogens is 472 g/mol. The summed E-state index contributed by atoms with van der Waals surface area (Å²) in [6.07, 6.45) is 9.40. The van der Waals surface area contributed by atoms with E-state index in [4.69, 9.17) is 4.74 Å². The number of aromatic nitrogens is 3. The van der Waals surface area contributed by atoms with E-state index in [1.54, 1.807) is 11.7 Å². The fourth-order valence-corrected chi connectivity index (χ4v) is 5.29.